The lowest BCUT2D eigenvalue weighted by molar-refractivity contribution is 0.414. The topological polar surface area (TPSA) is 55.4 Å². The first-order chi connectivity index (χ1) is 10.3. The van der Waals surface area contributed by atoms with E-state index in [4.69, 9.17) is 4.74 Å². The maximum atomic E-state index is 12.4. The fourth-order valence-electron chi connectivity index (χ4n) is 1.84. The Bertz CT molecular complexity index is 774. The van der Waals surface area contributed by atoms with E-state index in [1.807, 2.05) is 19.1 Å². The molecule has 0 spiro atoms. The summed E-state index contributed by atoms with van der Waals surface area (Å²) in [5.74, 6) is 0.734. The van der Waals surface area contributed by atoms with Crippen LogP contribution in [-0.2, 0) is 16.6 Å². The summed E-state index contributed by atoms with van der Waals surface area (Å²) in [6, 6.07) is 10.6. The fraction of sp³-hybridized carbons (Fsp3) is 0.200. The van der Waals surface area contributed by atoms with Crippen LogP contribution in [0.3, 0.4) is 0 Å². The molecule has 118 valence electrons. The van der Waals surface area contributed by atoms with Gasteiger partial charge in [-0.2, -0.15) is 0 Å². The van der Waals surface area contributed by atoms with Gasteiger partial charge in [-0.15, -0.1) is 0 Å². The summed E-state index contributed by atoms with van der Waals surface area (Å²) in [7, 11) is -2.00. The van der Waals surface area contributed by atoms with E-state index < -0.39 is 10.0 Å². The van der Waals surface area contributed by atoms with Crippen LogP contribution in [-0.4, -0.2) is 15.5 Å². The Balaban J connectivity index is 2.19. The quantitative estimate of drug-likeness (QED) is 0.751. The van der Waals surface area contributed by atoms with Gasteiger partial charge in [-0.25, -0.2) is 13.1 Å². The zero-order chi connectivity index (χ0) is 16.3. The van der Waals surface area contributed by atoms with Gasteiger partial charge in [0.15, 0.2) is 0 Å². The minimum Gasteiger partial charge on any atom is -0.497 e. The number of hydrogen-bond acceptors (Lipinski definition) is 3. The predicted molar refractivity (Wildman–Crippen MR) is 93.6 cm³/mol. The number of sulfonamides is 1. The van der Waals surface area contributed by atoms with Gasteiger partial charge in [-0.3, -0.25) is 0 Å². The Morgan fingerprint density at radius 1 is 1.09 bits per heavy atom. The van der Waals surface area contributed by atoms with Crippen LogP contribution in [0.5, 0.6) is 5.75 Å². The maximum absolute atomic E-state index is 12.4. The van der Waals surface area contributed by atoms with Crippen LogP contribution in [0.4, 0.5) is 0 Å². The minimum atomic E-state index is -3.59. The minimum absolute atomic E-state index is 0.216. The highest BCUT2D eigenvalue weighted by Crippen LogP contribution is 2.28. The fourth-order valence-corrected chi connectivity index (χ4v) is 4.63. The molecule has 0 aliphatic heterocycles. The second-order valence-corrected chi connectivity index (χ2v) is 8.15. The molecule has 0 bridgehead atoms. The van der Waals surface area contributed by atoms with Gasteiger partial charge < -0.3 is 4.74 Å². The van der Waals surface area contributed by atoms with E-state index in [0.29, 0.717) is 4.47 Å². The zero-order valence-corrected chi connectivity index (χ0v) is 16.0. The van der Waals surface area contributed by atoms with Gasteiger partial charge in [0.05, 0.1) is 12.0 Å². The Labute approximate surface area is 147 Å². The molecule has 2 aromatic rings. The second-order valence-electron chi connectivity index (χ2n) is 4.70. The molecule has 1 N–H and O–H groups in total. The summed E-state index contributed by atoms with van der Waals surface area (Å²) in [6.45, 7) is 2.06. The smallest absolute Gasteiger partial charge is 0.242 e. The SMILES string of the molecule is COc1ccc(CNS(=O)(=O)c2cc(C)c(Br)cc2Br)cc1. The molecule has 0 saturated carbocycles. The van der Waals surface area contributed by atoms with Crippen LogP contribution >= 0.6 is 31.9 Å². The lowest BCUT2D eigenvalue weighted by Crippen LogP contribution is -2.23. The van der Waals surface area contributed by atoms with Crippen LogP contribution < -0.4 is 9.46 Å². The van der Waals surface area contributed by atoms with Crippen molar-refractivity contribution < 1.29 is 13.2 Å². The predicted octanol–water partition coefficient (Wildman–Crippen LogP) is 4.01. The monoisotopic (exact) mass is 447 g/mol. The number of rotatable bonds is 5. The van der Waals surface area contributed by atoms with Crippen molar-refractivity contribution in [3.63, 3.8) is 0 Å². The summed E-state index contributed by atoms with van der Waals surface area (Å²) < 4.78 is 33.9. The van der Waals surface area contributed by atoms with E-state index in [9.17, 15) is 8.42 Å². The van der Waals surface area contributed by atoms with Gasteiger partial charge in [0.2, 0.25) is 10.0 Å². The van der Waals surface area contributed by atoms with E-state index >= 15 is 0 Å². The van der Waals surface area contributed by atoms with Crippen LogP contribution in [0.1, 0.15) is 11.1 Å². The Kier molecular flexibility index (Phi) is 5.65. The lowest BCUT2D eigenvalue weighted by atomic mass is 10.2. The van der Waals surface area contributed by atoms with E-state index in [2.05, 4.69) is 36.6 Å². The van der Waals surface area contributed by atoms with Crippen molar-refractivity contribution in [2.45, 2.75) is 18.4 Å². The van der Waals surface area contributed by atoms with Crippen molar-refractivity contribution in [2.24, 2.45) is 0 Å². The third-order valence-corrected chi connectivity index (χ3v) is 6.34. The third-order valence-electron chi connectivity index (χ3n) is 3.13. The summed E-state index contributed by atoms with van der Waals surface area (Å²) in [5.41, 5.74) is 1.71. The summed E-state index contributed by atoms with van der Waals surface area (Å²) in [4.78, 5) is 0.224. The van der Waals surface area contributed by atoms with Crippen LogP contribution in [0.25, 0.3) is 0 Å². The van der Waals surface area contributed by atoms with E-state index in [1.54, 1.807) is 31.4 Å². The number of ether oxygens (including phenoxy) is 1. The van der Waals surface area contributed by atoms with Gasteiger partial charge in [0.1, 0.15) is 5.75 Å². The molecule has 0 fully saturated rings. The van der Waals surface area contributed by atoms with Crippen molar-refractivity contribution in [3.8, 4) is 5.75 Å². The molecule has 0 radical (unpaired) electrons. The van der Waals surface area contributed by atoms with Gasteiger partial charge in [0, 0.05) is 15.5 Å². The van der Waals surface area contributed by atoms with Crippen molar-refractivity contribution >= 4 is 41.9 Å². The molecule has 2 rings (SSSR count). The molecule has 0 aliphatic carbocycles. The van der Waals surface area contributed by atoms with Gasteiger partial charge in [-0.1, -0.05) is 28.1 Å². The Morgan fingerprint density at radius 3 is 2.32 bits per heavy atom. The van der Waals surface area contributed by atoms with Crippen LogP contribution in [0.2, 0.25) is 0 Å². The molecule has 0 aromatic heterocycles. The van der Waals surface area contributed by atoms with Crippen molar-refractivity contribution in [1.29, 1.82) is 0 Å². The number of aryl methyl sites for hydroxylation is 1. The number of nitrogens with one attached hydrogen (secondary N) is 1. The summed E-state index contributed by atoms with van der Waals surface area (Å²) in [5, 5.41) is 0. The molecule has 0 aliphatic rings. The van der Waals surface area contributed by atoms with E-state index in [-0.39, 0.29) is 11.4 Å². The average molecular weight is 449 g/mol. The standard InChI is InChI=1S/C15H15Br2NO3S/c1-10-7-15(14(17)8-13(10)16)22(19,20)18-9-11-3-5-12(21-2)6-4-11/h3-8,18H,9H2,1-2H3. The average Bonchev–Trinajstić information content (AvgIpc) is 2.49. The van der Waals surface area contributed by atoms with Crippen molar-refractivity contribution in [1.82, 2.24) is 4.72 Å². The van der Waals surface area contributed by atoms with Gasteiger partial charge in [-0.05, 0) is 58.2 Å². The Morgan fingerprint density at radius 2 is 1.73 bits per heavy atom. The van der Waals surface area contributed by atoms with Crippen molar-refractivity contribution in [3.05, 3.63) is 56.5 Å². The first-order valence-corrected chi connectivity index (χ1v) is 9.48. The molecular weight excluding hydrogens is 434 g/mol. The first-order valence-electron chi connectivity index (χ1n) is 6.42. The largest absolute Gasteiger partial charge is 0.497 e. The summed E-state index contributed by atoms with van der Waals surface area (Å²) in [6.07, 6.45) is 0. The lowest BCUT2D eigenvalue weighted by Gasteiger charge is -2.11. The number of halogens is 2. The molecule has 22 heavy (non-hydrogen) atoms. The molecule has 4 nitrogen and oxygen atoms in total. The summed E-state index contributed by atoms with van der Waals surface area (Å²) >= 11 is 6.68. The molecule has 0 saturated heterocycles. The second kappa shape index (κ2) is 7.12. The maximum Gasteiger partial charge on any atom is 0.242 e. The zero-order valence-electron chi connectivity index (χ0n) is 12.1. The van der Waals surface area contributed by atoms with Crippen LogP contribution in [0, 0.1) is 6.92 Å². The van der Waals surface area contributed by atoms with E-state index in [1.165, 1.54) is 0 Å². The number of hydrogen-bond donors (Lipinski definition) is 1. The highest BCUT2D eigenvalue weighted by atomic mass is 79.9. The molecule has 2 aromatic carbocycles. The number of methoxy groups -OCH3 is 1. The highest BCUT2D eigenvalue weighted by Gasteiger charge is 2.18. The highest BCUT2D eigenvalue weighted by molar-refractivity contribution is 9.11. The van der Waals surface area contributed by atoms with Gasteiger partial charge in [0.25, 0.3) is 0 Å². The Hall–Kier alpha value is -0.890. The number of benzene rings is 2. The molecule has 0 atom stereocenters. The van der Waals surface area contributed by atoms with Crippen molar-refractivity contribution in [2.75, 3.05) is 7.11 Å². The molecule has 0 unspecified atom stereocenters. The molecule has 0 amide bonds. The van der Waals surface area contributed by atoms with Crippen LogP contribution in [0.15, 0.2) is 50.2 Å². The first kappa shape index (κ1) is 17.5. The van der Waals surface area contributed by atoms with E-state index in [0.717, 1.165) is 21.3 Å². The molecule has 7 heteroatoms. The normalized spacial score (nSPS) is 11.5. The third kappa shape index (κ3) is 4.10. The molecular formula is C15H15Br2NO3S. The van der Waals surface area contributed by atoms with Gasteiger partial charge >= 0.3 is 0 Å². The molecule has 0 heterocycles.